The molecule has 0 saturated carbocycles. The quantitative estimate of drug-likeness (QED) is 0.798. The van der Waals surface area contributed by atoms with Crippen LogP contribution in [0.3, 0.4) is 0 Å². The van der Waals surface area contributed by atoms with Crippen molar-refractivity contribution < 1.29 is 9.13 Å². The Balaban J connectivity index is 1.94. The average molecular weight is 284 g/mol. The molecule has 0 saturated heterocycles. The van der Waals surface area contributed by atoms with Crippen molar-refractivity contribution in [1.82, 2.24) is 15.0 Å². The molecule has 0 spiro atoms. The number of pyridine rings is 1. The molecular formula is C15H13FN4O. The third kappa shape index (κ3) is 2.74. The van der Waals surface area contributed by atoms with E-state index in [0.717, 1.165) is 5.56 Å². The Kier molecular flexibility index (Phi) is 3.59. The second-order valence-corrected chi connectivity index (χ2v) is 4.44. The fourth-order valence-corrected chi connectivity index (χ4v) is 2.04. The van der Waals surface area contributed by atoms with Gasteiger partial charge in [-0.1, -0.05) is 6.07 Å². The van der Waals surface area contributed by atoms with Gasteiger partial charge in [-0.3, -0.25) is 4.98 Å². The van der Waals surface area contributed by atoms with Crippen molar-refractivity contribution in [2.75, 3.05) is 12.4 Å². The monoisotopic (exact) mass is 284 g/mol. The SMILES string of the molecule is COc1cc2c(NCc3cccnc3)ncnc2cc1F. The molecule has 1 N–H and O–H groups in total. The van der Waals surface area contributed by atoms with E-state index in [1.165, 1.54) is 19.5 Å². The van der Waals surface area contributed by atoms with Gasteiger partial charge in [0.25, 0.3) is 0 Å². The van der Waals surface area contributed by atoms with Crippen molar-refractivity contribution >= 4 is 16.7 Å². The lowest BCUT2D eigenvalue weighted by Crippen LogP contribution is -2.03. The number of halogens is 1. The highest BCUT2D eigenvalue weighted by atomic mass is 19.1. The molecule has 0 atom stereocenters. The zero-order valence-corrected chi connectivity index (χ0v) is 11.4. The number of aromatic nitrogens is 3. The molecule has 6 heteroatoms. The maximum atomic E-state index is 13.7. The Bertz CT molecular complexity index is 764. The van der Waals surface area contributed by atoms with Gasteiger partial charge in [-0.05, 0) is 17.7 Å². The Hall–Kier alpha value is -2.76. The lowest BCUT2D eigenvalue weighted by Gasteiger charge is -2.10. The fourth-order valence-electron chi connectivity index (χ4n) is 2.04. The lowest BCUT2D eigenvalue weighted by atomic mass is 10.2. The minimum absolute atomic E-state index is 0.168. The number of benzene rings is 1. The van der Waals surface area contributed by atoms with Gasteiger partial charge in [0, 0.05) is 30.4 Å². The predicted octanol–water partition coefficient (Wildman–Crippen LogP) is 2.78. The minimum Gasteiger partial charge on any atom is -0.494 e. The van der Waals surface area contributed by atoms with E-state index in [0.29, 0.717) is 23.3 Å². The largest absolute Gasteiger partial charge is 0.494 e. The summed E-state index contributed by atoms with van der Waals surface area (Å²) in [6, 6.07) is 6.76. The Morgan fingerprint density at radius 2 is 2.19 bits per heavy atom. The van der Waals surface area contributed by atoms with Crippen molar-refractivity contribution in [3.63, 3.8) is 0 Å². The summed E-state index contributed by atoms with van der Waals surface area (Å²) < 4.78 is 18.7. The van der Waals surface area contributed by atoms with Crippen LogP contribution in [0.5, 0.6) is 5.75 Å². The third-order valence-corrected chi connectivity index (χ3v) is 3.09. The van der Waals surface area contributed by atoms with Crippen LogP contribution >= 0.6 is 0 Å². The number of hydrogen-bond donors (Lipinski definition) is 1. The summed E-state index contributed by atoms with van der Waals surface area (Å²) in [5, 5.41) is 3.91. The van der Waals surface area contributed by atoms with E-state index in [9.17, 15) is 4.39 Å². The molecule has 0 aliphatic carbocycles. The summed E-state index contributed by atoms with van der Waals surface area (Å²) in [4.78, 5) is 12.3. The van der Waals surface area contributed by atoms with E-state index in [1.54, 1.807) is 18.5 Å². The van der Waals surface area contributed by atoms with Crippen LogP contribution < -0.4 is 10.1 Å². The Labute approximate surface area is 120 Å². The predicted molar refractivity (Wildman–Crippen MR) is 77.6 cm³/mol. The van der Waals surface area contributed by atoms with Crippen LogP contribution in [0.1, 0.15) is 5.56 Å². The summed E-state index contributed by atoms with van der Waals surface area (Å²) in [5.41, 5.74) is 1.55. The number of nitrogens with one attached hydrogen (secondary N) is 1. The Morgan fingerprint density at radius 1 is 1.29 bits per heavy atom. The van der Waals surface area contributed by atoms with Gasteiger partial charge in [0.2, 0.25) is 0 Å². The third-order valence-electron chi connectivity index (χ3n) is 3.09. The van der Waals surface area contributed by atoms with E-state index in [2.05, 4.69) is 20.3 Å². The van der Waals surface area contributed by atoms with Gasteiger partial charge in [-0.15, -0.1) is 0 Å². The molecule has 3 rings (SSSR count). The lowest BCUT2D eigenvalue weighted by molar-refractivity contribution is 0.387. The van der Waals surface area contributed by atoms with Crippen LogP contribution in [0.25, 0.3) is 10.9 Å². The highest BCUT2D eigenvalue weighted by Gasteiger charge is 2.10. The molecule has 0 bridgehead atoms. The number of ether oxygens (including phenoxy) is 1. The second kappa shape index (κ2) is 5.70. The maximum Gasteiger partial charge on any atom is 0.167 e. The molecule has 0 unspecified atom stereocenters. The molecule has 0 aliphatic heterocycles. The van der Waals surface area contributed by atoms with E-state index >= 15 is 0 Å². The minimum atomic E-state index is -0.443. The number of methoxy groups -OCH3 is 1. The van der Waals surface area contributed by atoms with Crippen LogP contribution in [0.2, 0.25) is 0 Å². The van der Waals surface area contributed by atoms with Gasteiger partial charge in [0.1, 0.15) is 12.1 Å². The van der Waals surface area contributed by atoms with Gasteiger partial charge in [-0.2, -0.15) is 0 Å². The van der Waals surface area contributed by atoms with Crippen molar-refractivity contribution in [1.29, 1.82) is 0 Å². The smallest absolute Gasteiger partial charge is 0.167 e. The number of fused-ring (bicyclic) bond motifs is 1. The molecule has 2 aromatic heterocycles. The topological polar surface area (TPSA) is 59.9 Å². The standard InChI is InChI=1S/C15H13FN4O/c1-21-14-5-11-13(6-12(14)16)19-9-20-15(11)18-8-10-3-2-4-17-7-10/h2-7,9H,8H2,1H3,(H,18,19,20). The highest BCUT2D eigenvalue weighted by molar-refractivity contribution is 5.90. The summed E-state index contributed by atoms with van der Waals surface area (Å²) in [6.45, 7) is 0.569. The van der Waals surface area contributed by atoms with Crippen LogP contribution in [0.15, 0.2) is 43.0 Å². The van der Waals surface area contributed by atoms with Crippen LogP contribution in [-0.2, 0) is 6.54 Å². The first-order chi connectivity index (χ1) is 10.3. The molecule has 0 radical (unpaired) electrons. The van der Waals surface area contributed by atoms with E-state index < -0.39 is 5.82 Å². The highest BCUT2D eigenvalue weighted by Crippen LogP contribution is 2.27. The Morgan fingerprint density at radius 3 is 2.95 bits per heavy atom. The van der Waals surface area contributed by atoms with Gasteiger partial charge in [-0.25, -0.2) is 14.4 Å². The first-order valence-electron chi connectivity index (χ1n) is 6.39. The number of anilines is 1. The van der Waals surface area contributed by atoms with E-state index in [4.69, 9.17) is 4.74 Å². The molecule has 1 aromatic carbocycles. The van der Waals surface area contributed by atoms with Gasteiger partial charge >= 0.3 is 0 Å². The summed E-state index contributed by atoms with van der Waals surface area (Å²) in [7, 11) is 1.43. The number of rotatable bonds is 4. The molecule has 0 aliphatic rings. The van der Waals surface area contributed by atoms with Crippen LogP contribution in [0.4, 0.5) is 10.2 Å². The van der Waals surface area contributed by atoms with Crippen molar-refractivity contribution in [2.45, 2.75) is 6.54 Å². The maximum absolute atomic E-state index is 13.7. The van der Waals surface area contributed by atoms with Gasteiger partial charge < -0.3 is 10.1 Å². The zero-order valence-electron chi connectivity index (χ0n) is 11.4. The molecule has 0 amide bonds. The molecule has 3 aromatic rings. The van der Waals surface area contributed by atoms with E-state index in [1.807, 2.05) is 12.1 Å². The molecular weight excluding hydrogens is 271 g/mol. The average Bonchev–Trinajstić information content (AvgIpc) is 2.53. The van der Waals surface area contributed by atoms with Crippen molar-refractivity contribution in [2.24, 2.45) is 0 Å². The van der Waals surface area contributed by atoms with Gasteiger partial charge in [0.15, 0.2) is 11.6 Å². The van der Waals surface area contributed by atoms with Crippen molar-refractivity contribution in [3.8, 4) is 5.75 Å². The fraction of sp³-hybridized carbons (Fsp3) is 0.133. The summed E-state index contributed by atoms with van der Waals surface area (Å²) in [5.74, 6) is 0.353. The molecule has 0 fully saturated rings. The van der Waals surface area contributed by atoms with Crippen LogP contribution in [-0.4, -0.2) is 22.1 Å². The number of hydrogen-bond acceptors (Lipinski definition) is 5. The molecule has 21 heavy (non-hydrogen) atoms. The first-order valence-corrected chi connectivity index (χ1v) is 6.39. The summed E-state index contributed by atoms with van der Waals surface area (Å²) in [6.07, 6.45) is 4.90. The summed E-state index contributed by atoms with van der Waals surface area (Å²) >= 11 is 0. The normalized spacial score (nSPS) is 10.6. The first kappa shape index (κ1) is 13.2. The van der Waals surface area contributed by atoms with Gasteiger partial charge in [0.05, 0.1) is 12.6 Å². The number of nitrogens with zero attached hydrogens (tertiary/aromatic N) is 3. The van der Waals surface area contributed by atoms with Crippen molar-refractivity contribution in [3.05, 3.63) is 54.4 Å². The molecule has 5 nitrogen and oxygen atoms in total. The van der Waals surface area contributed by atoms with Crippen LogP contribution in [0, 0.1) is 5.82 Å². The van der Waals surface area contributed by atoms with E-state index in [-0.39, 0.29) is 5.75 Å². The second-order valence-electron chi connectivity index (χ2n) is 4.44. The molecule has 106 valence electrons. The molecule has 2 heterocycles. The zero-order chi connectivity index (χ0) is 14.7.